The summed E-state index contributed by atoms with van der Waals surface area (Å²) in [6, 6.07) is 3.86. The lowest BCUT2D eigenvalue weighted by Gasteiger charge is -2.27. The number of nitrogens with two attached hydrogens (primary N) is 1. The number of nitrogens with one attached hydrogen (secondary N) is 1. The summed E-state index contributed by atoms with van der Waals surface area (Å²) in [7, 11) is 0. The van der Waals surface area contributed by atoms with Crippen molar-refractivity contribution in [3.05, 3.63) is 66.9 Å². The Morgan fingerprint density at radius 2 is 2.12 bits per heavy atom. The Hall–Kier alpha value is -2.93. The lowest BCUT2D eigenvalue weighted by atomic mass is 10.0. The van der Waals surface area contributed by atoms with E-state index < -0.39 is 0 Å². The Bertz CT molecular complexity index is 1130. The number of rotatable bonds is 2. The van der Waals surface area contributed by atoms with Gasteiger partial charge in [0.2, 0.25) is 5.95 Å². The average molecular weight is 352 g/mol. The maximum Gasteiger partial charge on any atom is 0.257 e. The molecule has 7 nitrogen and oxygen atoms in total. The van der Waals surface area contributed by atoms with Gasteiger partial charge in [-0.05, 0) is 31.0 Å². The number of hydrogen-bond acceptors (Lipinski definition) is 6. The van der Waals surface area contributed by atoms with E-state index >= 15 is 0 Å². The molecule has 0 fully saturated rings. The number of aromatic nitrogens is 2. The van der Waals surface area contributed by atoms with Gasteiger partial charge in [0, 0.05) is 31.6 Å². The zero-order valence-corrected chi connectivity index (χ0v) is 14.8. The van der Waals surface area contributed by atoms with Gasteiger partial charge < -0.3 is 10.2 Å². The van der Waals surface area contributed by atoms with Crippen LogP contribution in [0.4, 0.5) is 5.95 Å². The third-order valence-corrected chi connectivity index (χ3v) is 4.85. The van der Waals surface area contributed by atoms with Gasteiger partial charge in [-0.2, -0.15) is 0 Å². The Labute approximate surface area is 149 Å². The number of nitrogen functional groups attached to an aromatic ring is 1. The van der Waals surface area contributed by atoms with Crippen LogP contribution in [-0.4, -0.2) is 21.4 Å². The third-order valence-electron chi connectivity index (χ3n) is 4.85. The maximum atomic E-state index is 12.9. The Balaban J connectivity index is 1.67. The number of hydrogen-bond donors (Lipinski definition) is 2. The van der Waals surface area contributed by atoms with E-state index in [-0.39, 0.29) is 16.9 Å². The molecule has 0 atom stereocenters. The summed E-state index contributed by atoms with van der Waals surface area (Å²) in [5, 5.41) is 0.623. The number of benzene rings is 1. The highest BCUT2D eigenvalue weighted by atomic mass is 16.3. The standard InChI is InChI=1S/C19H20N4O3/c1-10-5-11(2)16-15(6-10)26-9-12(17(16)24)7-23-4-3-14-13(8-23)18(25)22-19(20)21-14/h5-6,9H,3-4,7-8H2,1-2H3,(H3,20,21,22,25). The van der Waals surface area contributed by atoms with Crippen LogP contribution in [0.2, 0.25) is 0 Å². The molecule has 3 N–H and O–H groups in total. The highest BCUT2D eigenvalue weighted by molar-refractivity contribution is 5.81. The van der Waals surface area contributed by atoms with Crippen molar-refractivity contribution in [3.8, 4) is 0 Å². The van der Waals surface area contributed by atoms with Crippen LogP contribution in [0.1, 0.15) is 27.9 Å². The first-order valence-corrected chi connectivity index (χ1v) is 8.54. The van der Waals surface area contributed by atoms with Crippen molar-refractivity contribution in [2.45, 2.75) is 33.4 Å². The van der Waals surface area contributed by atoms with Crippen molar-refractivity contribution in [2.75, 3.05) is 12.3 Å². The smallest absolute Gasteiger partial charge is 0.257 e. The van der Waals surface area contributed by atoms with Crippen molar-refractivity contribution >= 4 is 16.9 Å². The van der Waals surface area contributed by atoms with E-state index in [0.29, 0.717) is 48.2 Å². The molecular formula is C19H20N4O3. The Morgan fingerprint density at radius 1 is 1.31 bits per heavy atom. The molecule has 7 heteroatoms. The predicted molar refractivity (Wildman–Crippen MR) is 99.0 cm³/mol. The molecule has 1 aliphatic rings. The first-order chi connectivity index (χ1) is 12.4. The fraction of sp³-hybridized carbons (Fsp3) is 0.316. The Morgan fingerprint density at radius 3 is 2.92 bits per heavy atom. The van der Waals surface area contributed by atoms with Crippen LogP contribution in [0.5, 0.6) is 0 Å². The van der Waals surface area contributed by atoms with Crippen LogP contribution in [-0.2, 0) is 19.5 Å². The molecule has 0 saturated heterocycles. The van der Waals surface area contributed by atoms with Crippen LogP contribution >= 0.6 is 0 Å². The Kier molecular flexibility index (Phi) is 3.88. The predicted octanol–water partition coefficient (Wildman–Crippen LogP) is 1.63. The molecule has 2 aromatic heterocycles. The molecule has 0 bridgehead atoms. The maximum absolute atomic E-state index is 12.9. The van der Waals surface area contributed by atoms with Crippen LogP contribution < -0.4 is 16.7 Å². The first-order valence-electron chi connectivity index (χ1n) is 8.54. The average Bonchev–Trinajstić information content (AvgIpc) is 2.57. The van der Waals surface area contributed by atoms with Crippen molar-refractivity contribution in [2.24, 2.45) is 0 Å². The van der Waals surface area contributed by atoms with E-state index in [4.69, 9.17) is 10.2 Å². The zero-order chi connectivity index (χ0) is 18.4. The van der Waals surface area contributed by atoms with E-state index in [1.165, 1.54) is 6.26 Å². The molecule has 0 radical (unpaired) electrons. The summed E-state index contributed by atoms with van der Waals surface area (Å²) in [4.78, 5) is 33.8. The topological polar surface area (TPSA) is 105 Å². The molecule has 3 heterocycles. The molecule has 0 unspecified atom stereocenters. The van der Waals surface area contributed by atoms with E-state index in [2.05, 4.69) is 14.9 Å². The van der Waals surface area contributed by atoms with Gasteiger partial charge in [0.15, 0.2) is 5.43 Å². The fourth-order valence-corrected chi connectivity index (χ4v) is 3.65. The van der Waals surface area contributed by atoms with E-state index in [1.807, 2.05) is 26.0 Å². The van der Waals surface area contributed by atoms with Gasteiger partial charge >= 0.3 is 0 Å². The summed E-state index contributed by atoms with van der Waals surface area (Å²) < 4.78 is 5.71. The van der Waals surface area contributed by atoms with Gasteiger partial charge in [-0.1, -0.05) is 6.07 Å². The summed E-state index contributed by atoms with van der Waals surface area (Å²) >= 11 is 0. The summed E-state index contributed by atoms with van der Waals surface area (Å²) in [6.45, 7) is 5.46. The van der Waals surface area contributed by atoms with Gasteiger partial charge in [-0.25, -0.2) is 4.98 Å². The molecule has 0 spiro atoms. The molecule has 0 aliphatic carbocycles. The van der Waals surface area contributed by atoms with E-state index in [1.54, 1.807) is 0 Å². The lowest BCUT2D eigenvalue weighted by molar-refractivity contribution is 0.239. The third kappa shape index (κ3) is 2.80. The fourth-order valence-electron chi connectivity index (χ4n) is 3.65. The van der Waals surface area contributed by atoms with Gasteiger partial charge in [0.25, 0.3) is 5.56 Å². The highest BCUT2D eigenvalue weighted by Crippen LogP contribution is 2.20. The molecular weight excluding hydrogens is 332 g/mol. The molecule has 1 aliphatic heterocycles. The number of anilines is 1. The SMILES string of the molecule is Cc1cc(C)c2c(=O)c(CN3CCc4nc(N)[nH]c(=O)c4C3)coc2c1. The summed E-state index contributed by atoms with van der Waals surface area (Å²) in [5.74, 6) is 0.142. The minimum atomic E-state index is -0.214. The van der Waals surface area contributed by atoms with Crippen LogP contribution in [0, 0.1) is 13.8 Å². The lowest BCUT2D eigenvalue weighted by Crippen LogP contribution is -2.36. The van der Waals surface area contributed by atoms with Gasteiger partial charge in [0.1, 0.15) is 5.58 Å². The molecule has 0 amide bonds. The minimum Gasteiger partial charge on any atom is -0.464 e. The number of H-pyrrole nitrogens is 1. The number of aryl methyl sites for hydroxylation is 2. The first kappa shape index (κ1) is 16.5. The van der Waals surface area contributed by atoms with Crippen LogP contribution in [0.3, 0.4) is 0 Å². The van der Waals surface area contributed by atoms with Crippen LogP contribution in [0.25, 0.3) is 11.0 Å². The number of aromatic amines is 1. The normalized spacial score (nSPS) is 14.5. The second-order valence-corrected chi connectivity index (χ2v) is 6.88. The quantitative estimate of drug-likeness (QED) is 0.726. The molecule has 1 aromatic carbocycles. The van der Waals surface area contributed by atoms with Gasteiger partial charge in [-0.15, -0.1) is 0 Å². The second-order valence-electron chi connectivity index (χ2n) is 6.88. The van der Waals surface area contributed by atoms with Crippen molar-refractivity contribution < 1.29 is 4.42 Å². The monoisotopic (exact) mass is 352 g/mol. The van der Waals surface area contributed by atoms with Crippen molar-refractivity contribution in [1.82, 2.24) is 14.9 Å². The summed E-state index contributed by atoms with van der Waals surface area (Å²) in [6.07, 6.45) is 2.16. The minimum absolute atomic E-state index is 0.0149. The second kappa shape index (κ2) is 6.10. The van der Waals surface area contributed by atoms with Crippen LogP contribution in [0.15, 0.2) is 32.4 Å². The molecule has 134 valence electrons. The number of nitrogens with zero attached hydrogens (tertiary/aromatic N) is 2. The molecule has 26 heavy (non-hydrogen) atoms. The molecule has 4 rings (SSSR count). The van der Waals surface area contributed by atoms with Crippen molar-refractivity contribution in [3.63, 3.8) is 0 Å². The van der Waals surface area contributed by atoms with Crippen molar-refractivity contribution in [1.29, 1.82) is 0 Å². The summed E-state index contributed by atoms with van der Waals surface area (Å²) in [5.41, 5.74) is 9.90. The van der Waals surface area contributed by atoms with E-state index in [0.717, 1.165) is 16.8 Å². The highest BCUT2D eigenvalue weighted by Gasteiger charge is 2.22. The molecule has 3 aromatic rings. The zero-order valence-electron chi connectivity index (χ0n) is 14.8. The van der Waals surface area contributed by atoms with E-state index in [9.17, 15) is 9.59 Å². The molecule has 0 saturated carbocycles. The van der Waals surface area contributed by atoms with Gasteiger partial charge in [-0.3, -0.25) is 19.5 Å². The van der Waals surface area contributed by atoms with Gasteiger partial charge in [0.05, 0.1) is 22.9 Å². The number of fused-ring (bicyclic) bond motifs is 2. The largest absolute Gasteiger partial charge is 0.464 e.